The Morgan fingerprint density at radius 2 is 1.84 bits per heavy atom. The van der Waals surface area contributed by atoms with Gasteiger partial charge < -0.3 is 15.0 Å². The molecule has 0 atom stereocenters. The number of aromatic nitrogens is 4. The van der Waals surface area contributed by atoms with Crippen molar-refractivity contribution >= 4 is 5.91 Å². The third-order valence-electron chi connectivity index (χ3n) is 3.88. The fourth-order valence-corrected chi connectivity index (χ4v) is 2.69. The summed E-state index contributed by atoms with van der Waals surface area (Å²) in [5.74, 6) is -1.04. The SMILES string of the molecule is O=C(NC1CCC(Oc2ncc(F)cn2)CC1)c1cc(=O)[nH]c(=O)[nH]1. The number of amides is 1. The van der Waals surface area contributed by atoms with Gasteiger partial charge in [-0.15, -0.1) is 0 Å². The van der Waals surface area contributed by atoms with Gasteiger partial charge in [-0.05, 0) is 25.7 Å². The van der Waals surface area contributed by atoms with Crippen LogP contribution in [0.5, 0.6) is 6.01 Å². The highest BCUT2D eigenvalue weighted by Crippen LogP contribution is 2.22. The zero-order chi connectivity index (χ0) is 17.8. The Labute approximate surface area is 140 Å². The van der Waals surface area contributed by atoms with E-state index in [0.717, 1.165) is 18.5 Å². The summed E-state index contributed by atoms with van der Waals surface area (Å²) in [5, 5.41) is 2.78. The summed E-state index contributed by atoms with van der Waals surface area (Å²) in [7, 11) is 0. The van der Waals surface area contributed by atoms with Gasteiger partial charge in [0.15, 0.2) is 5.82 Å². The van der Waals surface area contributed by atoms with Gasteiger partial charge in [0.25, 0.3) is 11.5 Å². The van der Waals surface area contributed by atoms with Crippen molar-refractivity contribution in [2.75, 3.05) is 0 Å². The Hall–Kier alpha value is -3.04. The molecule has 2 aromatic rings. The lowest BCUT2D eigenvalue weighted by molar-refractivity contribution is 0.0879. The average molecular weight is 349 g/mol. The van der Waals surface area contributed by atoms with E-state index in [9.17, 15) is 18.8 Å². The second-order valence-corrected chi connectivity index (χ2v) is 5.75. The number of H-pyrrole nitrogens is 2. The molecule has 0 aromatic carbocycles. The average Bonchev–Trinajstić information content (AvgIpc) is 2.58. The molecule has 0 saturated heterocycles. The predicted molar refractivity (Wildman–Crippen MR) is 83.8 cm³/mol. The second kappa shape index (κ2) is 7.24. The van der Waals surface area contributed by atoms with E-state index in [4.69, 9.17) is 4.74 Å². The van der Waals surface area contributed by atoms with Crippen LogP contribution in [0.3, 0.4) is 0 Å². The molecule has 1 amide bonds. The summed E-state index contributed by atoms with van der Waals surface area (Å²) in [6.45, 7) is 0. The fraction of sp³-hybridized carbons (Fsp3) is 0.400. The molecule has 10 heteroatoms. The van der Waals surface area contributed by atoms with E-state index in [2.05, 4.69) is 20.3 Å². The molecule has 1 fully saturated rings. The van der Waals surface area contributed by atoms with Crippen molar-refractivity contribution in [1.82, 2.24) is 25.3 Å². The molecule has 25 heavy (non-hydrogen) atoms. The maximum Gasteiger partial charge on any atom is 0.326 e. The zero-order valence-corrected chi connectivity index (χ0v) is 13.1. The minimum Gasteiger partial charge on any atom is -0.460 e. The standard InChI is InChI=1S/C15H16FN5O4/c16-8-6-17-15(18-7-8)25-10-3-1-9(2-4-10)19-13(23)11-5-12(22)21-14(24)20-11/h5-7,9-10H,1-4H2,(H,19,23)(H2,20,21,22,24). The first-order valence-electron chi connectivity index (χ1n) is 7.78. The molecule has 9 nitrogen and oxygen atoms in total. The van der Waals surface area contributed by atoms with E-state index in [1.165, 1.54) is 0 Å². The van der Waals surface area contributed by atoms with Gasteiger partial charge in [-0.3, -0.25) is 14.6 Å². The number of halogens is 1. The first-order valence-corrected chi connectivity index (χ1v) is 7.78. The Kier molecular flexibility index (Phi) is 4.87. The maximum atomic E-state index is 12.8. The summed E-state index contributed by atoms with van der Waals surface area (Å²) in [6.07, 6.45) is 4.61. The third kappa shape index (κ3) is 4.49. The third-order valence-corrected chi connectivity index (χ3v) is 3.88. The van der Waals surface area contributed by atoms with Gasteiger partial charge in [-0.1, -0.05) is 0 Å². The van der Waals surface area contributed by atoms with Gasteiger partial charge in [0.2, 0.25) is 0 Å². The summed E-state index contributed by atoms with van der Waals surface area (Å²) in [5.41, 5.74) is -1.44. The number of hydrogen-bond donors (Lipinski definition) is 3. The van der Waals surface area contributed by atoms with Crippen LogP contribution in [0, 0.1) is 5.82 Å². The fourth-order valence-electron chi connectivity index (χ4n) is 2.69. The highest BCUT2D eigenvalue weighted by atomic mass is 19.1. The van der Waals surface area contributed by atoms with E-state index < -0.39 is 23.0 Å². The molecule has 1 aliphatic carbocycles. The molecule has 0 radical (unpaired) electrons. The van der Waals surface area contributed by atoms with Gasteiger partial charge >= 0.3 is 11.7 Å². The summed E-state index contributed by atoms with van der Waals surface area (Å²) < 4.78 is 18.3. The summed E-state index contributed by atoms with van der Waals surface area (Å²) >= 11 is 0. The van der Waals surface area contributed by atoms with Gasteiger partial charge in [0.1, 0.15) is 11.8 Å². The molecule has 0 unspecified atom stereocenters. The quantitative estimate of drug-likeness (QED) is 0.718. The number of carbonyl (C=O) groups is 1. The molecular weight excluding hydrogens is 333 g/mol. The molecule has 0 spiro atoms. The minimum atomic E-state index is -0.728. The molecule has 3 N–H and O–H groups in total. The van der Waals surface area contributed by atoms with Crippen molar-refractivity contribution in [3.63, 3.8) is 0 Å². The number of rotatable bonds is 4. The van der Waals surface area contributed by atoms with Crippen molar-refractivity contribution in [1.29, 1.82) is 0 Å². The first kappa shape index (κ1) is 16.8. The van der Waals surface area contributed by atoms with Crippen molar-refractivity contribution in [2.24, 2.45) is 0 Å². The van der Waals surface area contributed by atoms with Crippen LogP contribution >= 0.6 is 0 Å². The van der Waals surface area contributed by atoms with Crippen LogP contribution in [0.1, 0.15) is 36.2 Å². The topological polar surface area (TPSA) is 130 Å². The Bertz CT molecular complexity index is 827. The van der Waals surface area contributed by atoms with E-state index >= 15 is 0 Å². The van der Waals surface area contributed by atoms with E-state index in [-0.39, 0.29) is 23.9 Å². The summed E-state index contributed by atoms with van der Waals surface area (Å²) in [6, 6.07) is 1.07. The van der Waals surface area contributed by atoms with Gasteiger partial charge in [0, 0.05) is 12.1 Å². The molecule has 2 heterocycles. The molecule has 3 rings (SSSR count). The number of ether oxygens (including phenoxy) is 1. The largest absolute Gasteiger partial charge is 0.460 e. The van der Waals surface area contributed by atoms with Crippen molar-refractivity contribution in [3.05, 3.63) is 50.8 Å². The van der Waals surface area contributed by atoms with Crippen LogP contribution in [0.2, 0.25) is 0 Å². The van der Waals surface area contributed by atoms with E-state index in [1.54, 1.807) is 0 Å². The Morgan fingerprint density at radius 3 is 2.48 bits per heavy atom. The zero-order valence-electron chi connectivity index (χ0n) is 13.1. The molecule has 2 aromatic heterocycles. The van der Waals surface area contributed by atoms with Gasteiger partial charge in [-0.2, -0.15) is 0 Å². The van der Waals surface area contributed by atoms with Crippen LogP contribution in [-0.2, 0) is 0 Å². The van der Waals surface area contributed by atoms with E-state index in [0.29, 0.717) is 25.7 Å². The highest BCUT2D eigenvalue weighted by molar-refractivity contribution is 5.92. The monoisotopic (exact) mass is 349 g/mol. The molecule has 1 saturated carbocycles. The Morgan fingerprint density at radius 1 is 1.16 bits per heavy atom. The number of hydrogen-bond acceptors (Lipinski definition) is 6. The lowest BCUT2D eigenvalue weighted by atomic mass is 9.93. The lowest BCUT2D eigenvalue weighted by Crippen LogP contribution is -2.41. The van der Waals surface area contributed by atoms with Gasteiger partial charge in [0.05, 0.1) is 12.4 Å². The first-order chi connectivity index (χ1) is 12.0. The maximum absolute atomic E-state index is 12.8. The van der Waals surface area contributed by atoms with Crippen LogP contribution in [0.15, 0.2) is 28.0 Å². The second-order valence-electron chi connectivity index (χ2n) is 5.75. The number of carbonyl (C=O) groups excluding carboxylic acids is 1. The summed E-state index contributed by atoms with van der Waals surface area (Å²) in [4.78, 5) is 46.3. The lowest BCUT2D eigenvalue weighted by Gasteiger charge is -2.28. The van der Waals surface area contributed by atoms with Crippen LogP contribution in [0.25, 0.3) is 0 Å². The van der Waals surface area contributed by atoms with Crippen LogP contribution < -0.4 is 21.3 Å². The van der Waals surface area contributed by atoms with Crippen molar-refractivity contribution in [2.45, 2.75) is 37.8 Å². The van der Waals surface area contributed by atoms with Crippen LogP contribution in [-0.4, -0.2) is 38.0 Å². The van der Waals surface area contributed by atoms with Crippen molar-refractivity contribution in [3.8, 4) is 6.01 Å². The minimum absolute atomic E-state index is 0.0770. The van der Waals surface area contributed by atoms with E-state index in [1.807, 2.05) is 4.98 Å². The van der Waals surface area contributed by atoms with Crippen molar-refractivity contribution < 1.29 is 13.9 Å². The number of nitrogens with one attached hydrogen (secondary N) is 3. The normalized spacial score (nSPS) is 20.0. The highest BCUT2D eigenvalue weighted by Gasteiger charge is 2.25. The molecule has 1 aliphatic rings. The molecular formula is C15H16FN5O4. The smallest absolute Gasteiger partial charge is 0.326 e. The van der Waals surface area contributed by atoms with Gasteiger partial charge in [-0.25, -0.2) is 19.2 Å². The number of aromatic amines is 2. The predicted octanol–water partition coefficient (Wildman–Crippen LogP) is 0.112. The molecule has 0 aliphatic heterocycles. The number of nitrogens with zero attached hydrogens (tertiary/aromatic N) is 2. The molecule has 0 bridgehead atoms. The Balaban J connectivity index is 1.52. The molecule has 132 valence electrons. The van der Waals surface area contributed by atoms with Crippen LogP contribution in [0.4, 0.5) is 4.39 Å².